The largest absolute Gasteiger partial charge is 0.325 e. The molecule has 0 saturated carbocycles. The fraction of sp³-hybridized carbons (Fsp3) is 0.150. The van der Waals surface area contributed by atoms with Gasteiger partial charge in [0, 0.05) is 11.1 Å². The van der Waals surface area contributed by atoms with E-state index in [4.69, 9.17) is 0 Å². The van der Waals surface area contributed by atoms with Gasteiger partial charge in [0.1, 0.15) is 5.75 Å². The molecule has 0 radical (unpaired) electrons. The second-order valence-electron chi connectivity index (χ2n) is 6.23. The summed E-state index contributed by atoms with van der Waals surface area (Å²) in [5.41, 5.74) is 3.22. The van der Waals surface area contributed by atoms with Crippen molar-refractivity contribution >= 4 is 32.2 Å². The van der Waals surface area contributed by atoms with Crippen LogP contribution >= 0.6 is 0 Å². The number of hydrogen-bond acceptors (Lipinski definition) is 3. The third-order valence-electron chi connectivity index (χ3n) is 4.57. The summed E-state index contributed by atoms with van der Waals surface area (Å²) in [5, 5.41) is 4.93. The second-order valence-corrected chi connectivity index (χ2v) is 8.22. The predicted octanol–water partition coefficient (Wildman–Crippen LogP) is 3.35. The Bertz CT molecular complexity index is 1060. The van der Waals surface area contributed by atoms with E-state index in [1.54, 1.807) is 18.2 Å². The fourth-order valence-corrected chi connectivity index (χ4v) is 4.58. The van der Waals surface area contributed by atoms with Crippen LogP contribution in [0.25, 0.3) is 10.8 Å². The zero-order valence-corrected chi connectivity index (χ0v) is 14.3. The number of carbonyl (C=O) groups excluding carboxylic acids is 1. The van der Waals surface area contributed by atoms with Crippen molar-refractivity contribution in [1.29, 1.82) is 0 Å². The zero-order chi connectivity index (χ0) is 17.4. The van der Waals surface area contributed by atoms with Crippen molar-refractivity contribution in [3.63, 3.8) is 0 Å². The van der Waals surface area contributed by atoms with E-state index in [9.17, 15) is 13.2 Å². The molecule has 3 aromatic carbocycles. The Balaban J connectivity index is 1.61. The predicted molar refractivity (Wildman–Crippen MR) is 98.5 cm³/mol. The number of hydrogen-bond donors (Lipinski definition) is 1. The fourth-order valence-electron chi connectivity index (χ4n) is 3.43. The van der Waals surface area contributed by atoms with Gasteiger partial charge in [-0.05, 0) is 47.6 Å². The maximum Gasteiger partial charge on any atom is 0.239 e. The van der Waals surface area contributed by atoms with E-state index >= 15 is 0 Å². The van der Waals surface area contributed by atoms with E-state index in [0.717, 1.165) is 18.2 Å². The summed E-state index contributed by atoms with van der Waals surface area (Å²) in [6.45, 7) is 0. The molecule has 0 aromatic heterocycles. The SMILES string of the molecule is O=C(CS(=O)(=O)c1ccccc1)Nc1ccc2c3c(cccc13)CC2. The van der Waals surface area contributed by atoms with Gasteiger partial charge in [-0.1, -0.05) is 42.5 Å². The highest BCUT2D eigenvalue weighted by molar-refractivity contribution is 7.92. The highest BCUT2D eigenvalue weighted by Crippen LogP contribution is 2.35. The Labute approximate surface area is 146 Å². The van der Waals surface area contributed by atoms with E-state index in [2.05, 4.69) is 11.4 Å². The highest BCUT2D eigenvalue weighted by atomic mass is 32.2. The van der Waals surface area contributed by atoms with Crippen molar-refractivity contribution in [2.24, 2.45) is 0 Å². The molecule has 5 heteroatoms. The highest BCUT2D eigenvalue weighted by Gasteiger charge is 2.21. The summed E-state index contributed by atoms with van der Waals surface area (Å²) >= 11 is 0. The standard InChI is InChI=1S/C20H17NO3S/c22-19(13-25(23,24)16-6-2-1-3-7-16)21-18-12-11-15-10-9-14-5-4-8-17(18)20(14)15/h1-8,11-12H,9-10,13H2,(H,21,22). The molecule has 0 atom stereocenters. The molecule has 1 aliphatic rings. The Morgan fingerprint density at radius 3 is 2.36 bits per heavy atom. The zero-order valence-electron chi connectivity index (χ0n) is 13.5. The number of amides is 1. The maximum atomic E-state index is 12.4. The van der Waals surface area contributed by atoms with E-state index < -0.39 is 21.5 Å². The quantitative estimate of drug-likeness (QED) is 0.784. The van der Waals surface area contributed by atoms with Crippen molar-refractivity contribution in [3.8, 4) is 0 Å². The van der Waals surface area contributed by atoms with Gasteiger partial charge in [-0.25, -0.2) is 8.42 Å². The lowest BCUT2D eigenvalue weighted by Crippen LogP contribution is -2.23. The molecule has 1 N–H and O–H groups in total. The average Bonchev–Trinajstić information content (AvgIpc) is 3.03. The number of rotatable bonds is 4. The number of sulfone groups is 1. The van der Waals surface area contributed by atoms with E-state index in [0.29, 0.717) is 5.69 Å². The van der Waals surface area contributed by atoms with Crippen LogP contribution in [0.1, 0.15) is 11.1 Å². The molecule has 25 heavy (non-hydrogen) atoms. The summed E-state index contributed by atoms with van der Waals surface area (Å²) in [7, 11) is -3.65. The summed E-state index contributed by atoms with van der Waals surface area (Å²) < 4.78 is 24.7. The molecule has 4 nitrogen and oxygen atoms in total. The molecule has 126 valence electrons. The molecule has 4 rings (SSSR count). The van der Waals surface area contributed by atoms with Gasteiger partial charge in [0.25, 0.3) is 0 Å². The van der Waals surface area contributed by atoms with Gasteiger partial charge in [0.05, 0.1) is 4.90 Å². The Hall–Kier alpha value is -2.66. The monoisotopic (exact) mass is 351 g/mol. The number of nitrogens with one attached hydrogen (secondary N) is 1. The normalized spacial score (nSPS) is 13.1. The van der Waals surface area contributed by atoms with Crippen LogP contribution in [0.4, 0.5) is 5.69 Å². The Kier molecular flexibility index (Phi) is 3.81. The van der Waals surface area contributed by atoms with Crippen LogP contribution in [0.2, 0.25) is 0 Å². The van der Waals surface area contributed by atoms with Gasteiger partial charge in [0.2, 0.25) is 5.91 Å². The summed E-state index contributed by atoms with van der Waals surface area (Å²) in [6, 6.07) is 18.0. The Morgan fingerprint density at radius 2 is 1.60 bits per heavy atom. The molecule has 0 heterocycles. The molecule has 0 aliphatic heterocycles. The van der Waals surface area contributed by atoms with Crippen molar-refractivity contribution in [2.45, 2.75) is 17.7 Å². The number of aryl methyl sites for hydroxylation is 2. The minimum absolute atomic E-state index is 0.158. The van der Waals surface area contributed by atoms with Crippen LogP contribution in [0.15, 0.2) is 65.6 Å². The first kappa shape index (κ1) is 15.8. The van der Waals surface area contributed by atoms with Crippen LogP contribution in [-0.4, -0.2) is 20.1 Å². The number of benzene rings is 3. The lowest BCUT2D eigenvalue weighted by molar-refractivity contribution is -0.113. The number of carbonyl (C=O) groups is 1. The lowest BCUT2D eigenvalue weighted by Gasteiger charge is -2.11. The molecule has 0 saturated heterocycles. The van der Waals surface area contributed by atoms with Gasteiger partial charge >= 0.3 is 0 Å². The molecule has 0 bridgehead atoms. The minimum atomic E-state index is -3.65. The molecule has 1 amide bonds. The van der Waals surface area contributed by atoms with Crippen molar-refractivity contribution in [2.75, 3.05) is 11.1 Å². The smallest absolute Gasteiger partial charge is 0.239 e. The van der Waals surface area contributed by atoms with E-state index in [-0.39, 0.29) is 4.90 Å². The third kappa shape index (κ3) is 2.91. The van der Waals surface area contributed by atoms with E-state index in [1.165, 1.54) is 28.6 Å². The van der Waals surface area contributed by atoms with Gasteiger partial charge in [-0.15, -0.1) is 0 Å². The van der Waals surface area contributed by atoms with Gasteiger partial charge in [0.15, 0.2) is 9.84 Å². The second kappa shape index (κ2) is 6.01. The summed E-state index contributed by atoms with van der Waals surface area (Å²) in [6.07, 6.45) is 2.01. The van der Waals surface area contributed by atoms with Crippen LogP contribution in [-0.2, 0) is 27.5 Å². The summed E-state index contributed by atoms with van der Waals surface area (Å²) in [4.78, 5) is 12.5. The first-order chi connectivity index (χ1) is 12.0. The van der Waals surface area contributed by atoms with E-state index in [1.807, 2.05) is 24.3 Å². The molecule has 0 fully saturated rings. The van der Waals surface area contributed by atoms with Crippen molar-refractivity contribution in [1.82, 2.24) is 0 Å². The van der Waals surface area contributed by atoms with Crippen molar-refractivity contribution in [3.05, 3.63) is 71.8 Å². The molecule has 0 unspecified atom stereocenters. The maximum absolute atomic E-state index is 12.4. The topological polar surface area (TPSA) is 63.2 Å². The number of anilines is 1. The molecular formula is C20H17NO3S. The van der Waals surface area contributed by atoms with Crippen LogP contribution in [0.5, 0.6) is 0 Å². The average molecular weight is 351 g/mol. The Morgan fingerprint density at radius 1 is 0.880 bits per heavy atom. The first-order valence-electron chi connectivity index (χ1n) is 8.16. The molecule has 1 aliphatic carbocycles. The molecular weight excluding hydrogens is 334 g/mol. The summed E-state index contributed by atoms with van der Waals surface area (Å²) in [5.74, 6) is -1.09. The molecule has 0 spiro atoms. The van der Waals surface area contributed by atoms with Crippen molar-refractivity contribution < 1.29 is 13.2 Å². The molecule has 3 aromatic rings. The van der Waals surface area contributed by atoms with Crippen LogP contribution in [0.3, 0.4) is 0 Å². The third-order valence-corrected chi connectivity index (χ3v) is 6.21. The first-order valence-corrected chi connectivity index (χ1v) is 9.81. The van der Waals surface area contributed by atoms with Gasteiger partial charge in [-0.3, -0.25) is 4.79 Å². The lowest BCUT2D eigenvalue weighted by atomic mass is 10.0. The van der Waals surface area contributed by atoms with Gasteiger partial charge < -0.3 is 5.32 Å². The van der Waals surface area contributed by atoms with Gasteiger partial charge in [-0.2, -0.15) is 0 Å². The minimum Gasteiger partial charge on any atom is -0.325 e. The van der Waals surface area contributed by atoms with Crippen LogP contribution in [0, 0.1) is 0 Å². The van der Waals surface area contributed by atoms with Crippen LogP contribution < -0.4 is 5.32 Å².